The van der Waals surface area contributed by atoms with Gasteiger partial charge < -0.3 is 19.7 Å². The van der Waals surface area contributed by atoms with Gasteiger partial charge in [0.25, 0.3) is 5.56 Å². The van der Waals surface area contributed by atoms with Crippen LogP contribution in [0.3, 0.4) is 0 Å². The molecule has 6 rings (SSSR count). The number of nitrogens with one attached hydrogen (secondary N) is 1. The topological polar surface area (TPSA) is 103 Å². The molecule has 9 nitrogen and oxygen atoms in total. The van der Waals surface area contributed by atoms with Gasteiger partial charge in [-0.3, -0.25) is 9.36 Å². The van der Waals surface area contributed by atoms with Gasteiger partial charge in [0.05, 0.1) is 22.0 Å². The van der Waals surface area contributed by atoms with Crippen LogP contribution in [-0.4, -0.2) is 51.9 Å². The van der Waals surface area contributed by atoms with Gasteiger partial charge in [-0.25, -0.2) is 14.6 Å². The number of fused-ring (bicyclic) bond motifs is 4. The van der Waals surface area contributed by atoms with Crippen LogP contribution in [0.15, 0.2) is 71.5 Å². The van der Waals surface area contributed by atoms with Gasteiger partial charge in [0, 0.05) is 25.0 Å². The second-order valence-electron chi connectivity index (χ2n) is 12.9. The zero-order chi connectivity index (χ0) is 32.6. The van der Waals surface area contributed by atoms with Crippen LogP contribution in [-0.2, 0) is 9.47 Å². The van der Waals surface area contributed by atoms with Gasteiger partial charge in [-0.05, 0) is 74.4 Å². The summed E-state index contributed by atoms with van der Waals surface area (Å²) in [6.45, 7) is 8.45. The summed E-state index contributed by atoms with van der Waals surface area (Å²) in [6, 6.07) is 20.7. The Bertz CT molecular complexity index is 1800. The molecule has 1 aliphatic carbocycles. The first kappa shape index (κ1) is 31.6. The van der Waals surface area contributed by atoms with Crippen LogP contribution in [0.25, 0.3) is 22.0 Å². The van der Waals surface area contributed by atoms with E-state index in [0.29, 0.717) is 54.1 Å². The van der Waals surface area contributed by atoms with Crippen molar-refractivity contribution in [3.05, 3.63) is 99.1 Å². The number of aromatic nitrogens is 2. The van der Waals surface area contributed by atoms with Crippen LogP contribution < -0.4 is 10.9 Å². The molecule has 1 atom stereocenters. The maximum Gasteiger partial charge on any atom is 0.410 e. The maximum absolute atomic E-state index is 14.1. The SMILES string of the molecule is CCC(NC(=O)OCC1c2ccccc2-c2ccccc21)c1nc2cccc(Cl)c2c(=O)n1C1CCN(C(=O)OC(C)(C)C)CC1. The van der Waals surface area contributed by atoms with Gasteiger partial charge in [0.1, 0.15) is 18.0 Å². The van der Waals surface area contributed by atoms with Crippen molar-refractivity contribution in [2.75, 3.05) is 19.7 Å². The van der Waals surface area contributed by atoms with Crippen molar-refractivity contribution in [3.63, 3.8) is 0 Å². The van der Waals surface area contributed by atoms with E-state index in [4.69, 9.17) is 26.1 Å². The lowest BCUT2D eigenvalue weighted by molar-refractivity contribution is 0.0185. The number of carbonyl (C=O) groups is 2. The highest BCUT2D eigenvalue weighted by molar-refractivity contribution is 6.35. The number of likely N-dealkylation sites (tertiary alicyclic amines) is 1. The van der Waals surface area contributed by atoms with E-state index >= 15 is 0 Å². The van der Waals surface area contributed by atoms with Crippen LogP contribution in [0.5, 0.6) is 0 Å². The van der Waals surface area contributed by atoms with E-state index in [1.807, 2.05) is 52.0 Å². The van der Waals surface area contributed by atoms with Gasteiger partial charge in [0.15, 0.2) is 0 Å². The summed E-state index contributed by atoms with van der Waals surface area (Å²) in [5, 5.41) is 3.64. The van der Waals surface area contributed by atoms with Gasteiger partial charge in [-0.1, -0.05) is 73.1 Å². The summed E-state index contributed by atoms with van der Waals surface area (Å²) in [5.74, 6) is 0.360. The molecule has 1 saturated heterocycles. The summed E-state index contributed by atoms with van der Waals surface area (Å²) < 4.78 is 13.1. The van der Waals surface area contributed by atoms with Gasteiger partial charge in [0.2, 0.25) is 0 Å². The van der Waals surface area contributed by atoms with Crippen molar-refractivity contribution in [1.29, 1.82) is 0 Å². The third-order valence-electron chi connectivity index (χ3n) is 8.74. The average molecular weight is 643 g/mol. The molecule has 4 aromatic rings. The lowest BCUT2D eigenvalue weighted by Gasteiger charge is -2.35. The van der Waals surface area contributed by atoms with Crippen LogP contribution in [0.4, 0.5) is 9.59 Å². The third-order valence-corrected chi connectivity index (χ3v) is 9.06. The number of piperidine rings is 1. The molecule has 0 bridgehead atoms. The molecular weight excluding hydrogens is 604 g/mol. The molecule has 1 fully saturated rings. The van der Waals surface area contributed by atoms with Gasteiger partial charge in [-0.2, -0.15) is 0 Å². The standard InChI is InChI=1S/C36H39ClN4O5/c1-5-29(39-34(43)45-21-27-25-13-8-6-11-23(25)24-12-7-9-14-26(24)27)32-38-30-16-10-15-28(37)31(30)33(42)41(32)22-17-19-40(20-18-22)35(44)46-36(2,3)4/h6-16,22,27,29H,5,17-21H2,1-4H3,(H,39,43). The fourth-order valence-electron chi connectivity index (χ4n) is 6.58. The molecule has 0 radical (unpaired) electrons. The molecule has 2 amide bonds. The molecule has 0 spiro atoms. The minimum atomic E-state index is -0.601. The predicted molar refractivity (Wildman–Crippen MR) is 178 cm³/mol. The first-order valence-electron chi connectivity index (χ1n) is 15.9. The lowest BCUT2D eigenvalue weighted by Crippen LogP contribution is -2.44. The third kappa shape index (κ3) is 6.20. The largest absolute Gasteiger partial charge is 0.449 e. The summed E-state index contributed by atoms with van der Waals surface area (Å²) >= 11 is 6.51. The minimum absolute atomic E-state index is 0.0764. The molecular formula is C36H39ClN4O5. The number of hydrogen-bond acceptors (Lipinski definition) is 6. The number of alkyl carbamates (subject to hydrolysis) is 1. The van der Waals surface area contributed by atoms with Crippen LogP contribution in [0, 0.1) is 0 Å². The Morgan fingerprint density at radius 2 is 1.61 bits per heavy atom. The number of nitrogens with zero attached hydrogens (tertiary/aromatic N) is 3. The number of benzene rings is 3. The normalized spacial score (nSPS) is 15.7. The second kappa shape index (κ2) is 12.8. The Morgan fingerprint density at radius 3 is 2.22 bits per heavy atom. The van der Waals surface area contributed by atoms with Crippen molar-refractivity contribution in [3.8, 4) is 11.1 Å². The Kier molecular flexibility index (Phi) is 8.79. The highest BCUT2D eigenvalue weighted by atomic mass is 35.5. The molecule has 3 aromatic carbocycles. The first-order valence-corrected chi connectivity index (χ1v) is 16.2. The average Bonchev–Trinajstić information content (AvgIpc) is 3.35. The number of carbonyl (C=O) groups excluding carboxylic acids is 2. The highest BCUT2D eigenvalue weighted by Gasteiger charge is 2.33. The van der Waals surface area contributed by atoms with E-state index in [1.54, 1.807) is 27.7 Å². The highest BCUT2D eigenvalue weighted by Crippen LogP contribution is 2.44. The molecule has 1 N–H and O–H groups in total. The minimum Gasteiger partial charge on any atom is -0.449 e. The summed E-state index contributed by atoms with van der Waals surface area (Å²) in [4.78, 5) is 46.8. The molecule has 0 saturated carbocycles. The Labute approximate surface area is 273 Å². The summed E-state index contributed by atoms with van der Waals surface area (Å²) in [6.07, 6.45) is 0.553. The van der Waals surface area contributed by atoms with E-state index in [2.05, 4.69) is 29.6 Å². The lowest BCUT2D eigenvalue weighted by atomic mass is 9.98. The molecule has 240 valence electrons. The van der Waals surface area contributed by atoms with E-state index in [0.717, 1.165) is 22.3 Å². The van der Waals surface area contributed by atoms with E-state index in [-0.39, 0.29) is 30.2 Å². The zero-order valence-electron chi connectivity index (χ0n) is 26.6. The molecule has 2 aliphatic rings. The molecule has 1 aromatic heterocycles. The van der Waals surface area contributed by atoms with Crippen molar-refractivity contribution in [1.82, 2.24) is 19.8 Å². The fraction of sp³-hybridized carbons (Fsp3) is 0.389. The predicted octanol–water partition coefficient (Wildman–Crippen LogP) is 7.61. The van der Waals surface area contributed by atoms with Gasteiger partial charge in [-0.15, -0.1) is 0 Å². The number of halogens is 1. The van der Waals surface area contributed by atoms with Crippen molar-refractivity contribution in [2.24, 2.45) is 0 Å². The van der Waals surface area contributed by atoms with Crippen molar-refractivity contribution in [2.45, 2.75) is 70.6 Å². The first-order chi connectivity index (χ1) is 22.1. The molecule has 10 heteroatoms. The number of ether oxygens (including phenoxy) is 2. The smallest absolute Gasteiger partial charge is 0.410 e. The Hall–Kier alpha value is -4.37. The second-order valence-corrected chi connectivity index (χ2v) is 13.3. The van der Waals surface area contributed by atoms with E-state index < -0.39 is 17.7 Å². The Balaban J connectivity index is 1.24. The van der Waals surface area contributed by atoms with Gasteiger partial charge >= 0.3 is 12.2 Å². The Morgan fingerprint density at radius 1 is 0.978 bits per heavy atom. The molecule has 1 unspecified atom stereocenters. The number of rotatable bonds is 6. The van der Waals surface area contributed by atoms with Crippen molar-refractivity contribution >= 4 is 34.7 Å². The van der Waals surface area contributed by atoms with Crippen LogP contribution in [0.1, 0.15) is 81.9 Å². The fourth-order valence-corrected chi connectivity index (χ4v) is 6.83. The van der Waals surface area contributed by atoms with Crippen LogP contribution >= 0.6 is 11.6 Å². The number of amides is 2. The maximum atomic E-state index is 14.1. The summed E-state index contributed by atoms with van der Waals surface area (Å²) in [7, 11) is 0. The number of hydrogen-bond donors (Lipinski definition) is 1. The van der Waals surface area contributed by atoms with Crippen molar-refractivity contribution < 1.29 is 19.1 Å². The zero-order valence-corrected chi connectivity index (χ0v) is 27.3. The molecule has 1 aliphatic heterocycles. The van der Waals surface area contributed by atoms with E-state index in [1.165, 1.54) is 0 Å². The van der Waals surface area contributed by atoms with Crippen LogP contribution in [0.2, 0.25) is 5.02 Å². The summed E-state index contributed by atoms with van der Waals surface area (Å²) in [5.41, 5.74) is 4.15. The molecule has 2 heterocycles. The van der Waals surface area contributed by atoms with E-state index in [9.17, 15) is 14.4 Å². The monoisotopic (exact) mass is 642 g/mol. The molecule has 46 heavy (non-hydrogen) atoms. The quantitative estimate of drug-likeness (QED) is 0.232.